The number of nitrogens with two attached hydrogens (primary N) is 1. The van der Waals surface area contributed by atoms with Crippen molar-refractivity contribution >= 4 is 27.6 Å². The molecule has 166 valence electrons. The molecule has 0 spiro atoms. The Kier molecular flexibility index (Phi) is 6.95. The Hall–Kier alpha value is -3.34. The Labute approximate surface area is 180 Å². The van der Waals surface area contributed by atoms with Gasteiger partial charge in [-0.2, -0.15) is 0 Å². The first-order valence-corrected chi connectivity index (χ1v) is 11.4. The van der Waals surface area contributed by atoms with Gasteiger partial charge in [-0.1, -0.05) is 30.3 Å². The molecule has 10 nitrogen and oxygen atoms in total. The van der Waals surface area contributed by atoms with Crippen LogP contribution < -0.4 is 26.6 Å². The van der Waals surface area contributed by atoms with Gasteiger partial charge in [0.2, 0.25) is 15.9 Å². The summed E-state index contributed by atoms with van der Waals surface area (Å²) < 4.78 is 28.5. The SMILES string of the molecule is Cc1ccc(NS(=O)(=O)Cc2ccccc2)c(=O)n1CC(=O)NC[C@H]1CN=C(N)NC1. The maximum atomic E-state index is 12.8. The highest BCUT2D eigenvalue weighted by Gasteiger charge is 2.18. The molecule has 0 fully saturated rings. The van der Waals surface area contributed by atoms with Gasteiger partial charge in [-0.05, 0) is 24.6 Å². The fourth-order valence-corrected chi connectivity index (χ4v) is 4.33. The number of anilines is 1. The van der Waals surface area contributed by atoms with Gasteiger partial charge in [0.25, 0.3) is 5.56 Å². The highest BCUT2D eigenvalue weighted by Crippen LogP contribution is 2.10. The standard InChI is InChI=1S/C20H26N6O4S/c1-14-7-8-17(25-31(29,30)13-15-5-3-2-4-6-15)19(28)26(14)12-18(27)22-9-16-10-23-20(21)24-11-16/h2-8,16,25H,9-13H2,1H3,(H,22,27)(H3,21,23,24). The van der Waals surface area contributed by atoms with Gasteiger partial charge in [-0.3, -0.25) is 19.3 Å². The van der Waals surface area contributed by atoms with Gasteiger partial charge >= 0.3 is 0 Å². The van der Waals surface area contributed by atoms with Gasteiger partial charge in [-0.25, -0.2) is 8.42 Å². The number of benzene rings is 1. The average Bonchev–Trinajstić information content (AvgIpc) is 2.73. The number of aryl methyl sites for hydroxylation is 1. The first-order chi connectivity index (χ1) is 14.7. The molecule has 0 saturated heterocycles. The molecule has 31 heavy (non-hydrogen) atoms. The summed E-state index contributed by atoms with van der Waals surface area (Å²) in [6.45, 7) is 2.97. The van der Waals surface area contributed by atoms with Crippen LogP contribution in [0.2, 0.25) is 0 Å². The Morgan fingerprint density at radius 2 is 2.00 bits per heavy atom. The number of pyridine rings is 1. The molecule has 1 aliphatic heterocycles. The molecule has 0 bridgehead atoms. The molecule has 5 N–H and O–H groups in total. The summed E-state index contributed by atoms with van der Waals surface area (Å²) in [5.74, 6) is -0.122. The molecular weight excluding hydrogens is 420 g/mol. The summed E-state index contributed by atoms with van der Waals surface area (Å²) in [5, 5.41) is 5.71. The summed E-state index contributed by atoms with van der Waals surface area (Å²) in [6, 6.07) is 11.7. The van der Waals surface area contributed by atoms with Gasteiger partial charge in [0.15, 0.2) is 5.96 Å². The number of sulfonamides is 1. The number of carbonyl (C=O) groups excluding carboxylic acids is 1. The maximum Gasteiger partial charge on any atom is 0.275 e. The van der Waals surface area contributed by atoms with Gasteiger partial charge in [0.1, 0.15) is 12.2 Å². The quantitative estimate of drug-likeness (QED) is 0.440. The Morgan fingerprint density at radius 1 is 1.26 bits per heavy atom. The predicted molar refractivity (Wildman–Crippen MR) is 119 cm³/mol. The minimum absolute atomic E-state index is 0.101. The van der Waals surface area contributed by atoms with Gasteiger partial charge < -0.3 is 20.9 Å². The number of nitrogens with one attached hydrogen (secondary N) is 3. The average molecular weight is 447 g/mol. The fraction of sp³-hybridized carbons (Fsp3) is 0.350. The first kappa shape index (κ1) is 22.3. The Bertz CT molecular complexity index is 1130. The zero-order valence-electron chi connectivity index (χ0n) is 17.2. The van der Waals surface area contributed by atoms with Gasteiger partial charge in [0, 0.05) is 31.2 Å². The molecule has 0 aliphatic carbocycles. The molecule has 2 heterocycles. The summed E-state index contributed by atoms with van der Waals surface area (Å²) in [6.07, 6.45) is 0. The molecule has 1 aromatic heterocycles. The number of hydrogen-bond acceptors (Lipinski definition) is 7. The van der Waals surface area contributed by atoms with E-state index in [1.165, 1.54) is 10.6 Å². The lowest BCUT2D eigenvalue weighted by Crippen LogP contribution is -2.45. The molecule has 3 rings (SSSR count). The number of aliphatic imine (C=N–C) groups is 1. The van der Waals surface area contributed by atoms with Crippen molar-refractivity contribution in [2.75, 3.05) is 24.4 Å². The van der Waals surface area contributed by atoms with Crippen molar-refractivity contribution in [3.8, 4) is 0 Å². The van der Waals surface area contributed by atoms with Gasteiger partial charge in [0.05, 0.1) is 5.75 Å². The van der Waals surface area contributed by atoms with E-state index in [4.69, 9.17) is 5.73 Å². The van der Waals surface area contributed by atoms with E-state index in [9.17, 15) is 18.0 Å². The lowest BCUT2D eigenvalue weighted by molar-refractivity contribution is -0.121. The van der Waals surface area contributed by atoms with E-state index in [2.05, 4.69) is 20.3 Å². The van der Waals surface area contributed by atoms with Gasteiger partial charge in [-0.15, -0.1) is 0 Å². The van der Waals surface area contributed by atoms with Crippen LogP contribution in [0.4, 0.5) is 5.69 Å². The third-order valence-electron chi connectivity index (χ3n) is 4.84. The van der Waals surface area contributed by atoms with Crippen LogP contribution in [0.15, 0.2) is 52.3 Å². The number of guanidine groups is 1. The minimum Gasteiger partial charge on any atom is -0.370 e. The van der Waals surface area contributed by atoms with E-state index in [-0.39, 0.29) is 29.8 Å². The normalized spacial score (nSPS) is 16.2. The van der Waals surface area contributed by atoms with Crippen LogP contribution in [-0.4, -0.2) is 44.5 Å². The second kappa shape index (κ2) is 9.65. The van der Waals surface area contributed by atoms with Crippen LogP contribution in [0, 0.1) is 12.8 Å². The van der Waals surface area contributed by atoms with Crippen molar-refractivity contribution in [3.05, 3.63) is 64.1 Å². The van der Waals surface area contributed by atoms with Crippen LogP contribution in [0.25, 0.3) is 0 Å². The summed E-state index contributed by atoms with van der Waals surface area (Å²) in [7, 11) is -3.79. The molecule has 1 amide bonds. The third-order valence-corrected chi connectivity index (χ3v) is 6.08. The number of rotatable bonds is 8. The zero-order valence-corrected chi connectivity index (χ0v) is 18.0. The highest BCUT2D eigenvalue weighted by atomic mass is 32.2. The van der Waals surface area contributed by atoms with E-state index in [1.54, 1.807) is 43.3 Å². The number of aromatic nitrogens is 1. The highest BCUT2D eigenvalue weighted by molar-refractivity contribution is 7.91. The van der Waals surface area contributed by atoms with E-state index < -0.39 is 15.6 Å². The number of amides is 1. The molecule has 1 aromatic carbocycles. The fourth-order valence-electron chi connectivity index (χ4n) is 3.13. The Balaban J connectivity index is 1.66. The lowest BCUT2D eigenvalue weighted by Gasteiger charge is -2.21. The number of hydrogen-bond donors (Lipinski definition) is 4. The topological polar surface area (TPSA) is 148 Å². The number of nitrogens with zero attached hydrogens (tertiary/aromatic N) is 2. The van der Waals surface area contributed by atoms with Crippen LogP contribution in [0.3, 0.4) is 0 Å². The van der Waals surface area contributed by atoms with E-state index in [1.807, 2.05) is 0 Å². The van der Waals surface area contributed by atoms with Crippen LogP contribution in [0.5, 0.6) is 0 Å². The lowest BCUT2D eigenvalue weighted by atomic mass is 10.1. The largest absolute Gasteiger partial charge is 0.370 e. The molecule has 2 aromatic rings. The number of carbonyl (C=O) groups is 1. The van der Waals surface area contributed by atoms with Crippen molar-refractivity contribution in [2.45, 2.75) is 19.2 Å². The second-order valence-electron chi connectivity index (χ2n) is 7.40. The first-order valence-electron chi connectivity index (χ1n) is 9.79. The molecular formula is C20H26N6O4S. The predicted octanol–water partition coefficient (Wildman–Crippen LogP) is -0.251. The summed E-state index contributed by atoms with van der Waals surface area (Å²) in [4.78, 5) is 29.3. The van der Waals surface area contributed by atoms with E-state index in [0.29, 0.717) is 36.9 Å². The van der Waals surface area contributed by atoms with E-state index in [0.717, 1.165) is 0 Å². The van der Waals surface area contributed by atoms with Crippen molar-refractivity contribution < 1.29 is 13.2 Å². The summed E-state index contributed by atoms with van der Waals surface area (Å²) in [5.41, 5.74) is 6.02. The minimum atomic E-state index is -3.79. The maximum absolute atomic E-state index is 12.8. The Morgan fingerprint density at radius 3 is 2.68 bits per heavy atom. The third kappa shape index (κ3) is 6.32. The van der Waals surface area contributed by atoms with E-state index >= 15 is 0 Å². The van der Waals surface area contributed by atoms with Crippen LogP contribution >= 0.6 is 0 Å². The molecule has 0 radical (unpaired) electrons. The van der Waals surface area contributed by atoms with Crippen molar-refractivity contribution in [1.29, 1.82) is 0 Å². The summed E-state index contributed by atoms with van der Waals surface area (Å²) >= 11 is 0. The molecule has 1 aliphatic rings. The zero-order chi connectivity index (χ0) is 22.4. The van der Waals surface area contributed by atoms with Crippen LogP contribution in [-0.2, 0) is 27.1 Å². The molecule has 0 unspecified atom stereocenters. The van der Waals surface area contributed by atoms with Crippen molar-refractivity contribution in [2.24, 2.45) is 16.6 Å². The second-order valence-corrected chi connectivity index (χ2v) is 9.13. The van der Waals surface area contributed by atoms with Crippen LogP contribution in [0.1, 0.15) is 11.3 Å². The monoisotopic (exact) mass is 446 g/mol. The van der Waals surface area contributed by atoms with Crippen molar-refractivity contribution in [1.82, 2.24) is 15.2 Å². The van der Waals surface area contributed by atoms with Crippen molar-refractivity contribution in [3.63, 3.8) is 0 Å². The molecule has 11 heteroatoms. The molecule has 0 saturated carbocycles. The molecule has 1 atom stereocenters. The smallest absolute Gasteiger partial charge is 0.275 e.